The highest BCUT2D eigenvalue weighted by Crippen LogP contribution is 2.30. The molecule has 1 aromatic carbocycles. The van der Waals surface area contributed by atoms with Gasteiger partial charge in [0.25, 0.3) is 5.56 Å². The molecule has 0 aliphatic rings. The Bertz CT molecular complexity index is 894. The molecule has 1 heterocycles. The topological polar surface area (TPSA) is 100.0 Å². The summed E-state index contributed by atoms with van der Waals surface area (Å²) in [4.78, 5) is 12.6. The summed E-state index contributed by atoms with van der Waals surface area (Å²) in [7, 11) is 0. The summed E-state index contributed by atoms with van der Waals surface area (Å²) in [6.07, 6.45) is 0.630. The fourth-order valence-corrected chi connectivity index (χ4v) is 2.41. The summed E-state index contributed by atoms with van der Waals surface area (Å²) >= 11 is 0. The molecule has 0 atom stereocenters. The van der Waals surface area contributed by atoms with E-state index in [1.54, 1.807) is 25.1 Å². The number of hydrogen-bond acceptors (Lipinski definition) is 6. The Morgan fingerprint density at radius 2 is 2.00 bits per heavy atom. The number of rotatable bonds is 6. The zero-order chi connectivity index (χ0) is 18.4. The number of aromatic nitrogens is 1. The van der Waals surface area contributed by atoms with Crippen LogP contribution in [0.4, 0.5) is 11.4 Å². The zero-order valence-electron chi connectivity index (χ0n) is 14.5. The van der Waals surface area contributed by atoms with Crippen molar-refractivity contribution in [3.63, 3.8) is 0 Å². The van der Waals surface area contributed by atoms with Gasteiger partial charge in [-0.25, -0.2) is 0 Å². The molecule has 0 radical (unpaired) electrons. The minimum absolute atomic E-state index is 0.0279. The van der Waals surface area contributed by atoms with Crippen LogP contribution >= 0.6 is 0 Å². The van der Waals surface area contributed by atoms with Crippen LogP contribution in [-0.2, 0) is 6.54 Å². The van der Waals surface area contributed by atoms with E-state index in [-0.39, 0.29) is 23.7 Å². The first-order valence-corrected chi connectivity index (χ1v) is 8.05. The molecule has 2 rings (SSSR count). The molecule has 130 valence electrons. The Morgan fingerprint density at radius 1 is 1.28 bits per heavy atom. The highest BCUT2D eigenvalue weighted by atomic mass is 16.5. The van der Waals surface area contributed by atoms with E-state index in [9.17, 15) is 15.2 Å². The minimum Gasteiger partial charge on any atom is -0.493 e. The van der Waals surface area contributed by atoms with Crippen molar-refractivity contribution in [3.8, 4) is 17.7 Å². The third-order valence-corrected chi connectivity index (χ3v) is 3.64. The van der Waals surface area contributed by atoms with Crippen LogP contribution < -0.4 is 10.3 Å². The van der Waals surface area contributed by atoms with Gasteiger partial charge in [0.2, 0.25) is 5.88 Å². The maximum Gasteiger partial charge on any atom is 0.281 e. The molecule has 25 heavy (non-hydrogen) atoms. The van der Waals surface area contributed by atoms with Crippen LogP contribution in [0.25, 0.3) is 0 Å². The van der Waals surface area contributed by atoms with Crippen molar-refractivity contribution >= 4 is 11.4 Å². The molecule has 1 aromatic heterocycles. The van der Waals surface area contributed by atoms with Gasteiger partial charge in [-0.05, 0) is 32.4 Å². The standard InChI is InChI=1S/C18H20N4O3/c1-4-10-22-17(23)13(11-19)12(3)16(18(22)24)21-20-14-8-6-7-9-15(14)25-5-2/h6-9,23H,4-5,10H2,1-3H3. The van der Waals surface area contributed by atoms with Crippen molar-refractivity contribution < 1.29 is 9.84 Å². The van der Waals surface area contributed by atoms with Gasteiger partial charge in [0.15, 0.2) is 5.69 Å². The van der Waals surface area contributed by atoms with Crippen molar-refractivity contribution in [1.29, 1.82) is 5.26 Å². The number of ether oxygens (including phenoxy) is 1. The molecular weight excluding hydrogens is 320 g/mol. The molecule has 0 saturated heterocycles. The largest absolute Gasteiger partial charge is 0.493 e. The Labute approximate surface area is 145 Å². The minimum atomic E-state index is -0.478. The quantitative estimate of drug-likeness (QED) is 0.804. The zero-order valence-corrected chi connectivity index (χ0v) is 14.5. The lowest BCUT2D eigenvalue weighted by molar-refractivity contribution is 0.341. The molecular formula is C18H20N4O3. The summed E-state index contributed by atoms with van der Waals surface area (Å²) in [5, 5.41) is 27.6. The highest BCUT2D eigenvalue weighted by molar-refractivity contribution is 5.57. The van der Waals surface area contributed by atoms with Crippen molar-refractivity contribution in [2.24, 2.45) is 10.2 Å². The molecule has 0 fully saturated rings. The summed E-state index contributed by atoms with van der Waals surface area (Å²) < 4.78 is 6.63. The lowest BCUT2D eigenvalue weighted by Gasteiger charge is -2.12. The van der Waals surface area contributed by atoms with Crippen LogP contribution in [0, 0.1) is 18.3 Å². The van der Waals surface area contributed by atoms with Gasteiger partial charge in [0.05, 0.1) is 6.61 Å². The molecule has 0 unspecified atom stereocenters. The van der Waals surface area contributed by atoms with Gasteiger partial charge in [-0.3, -0.25) is 9.36 Å². The second-order valence-electron chi connectivity index (χ2n) is 5.34. The van der Waals surface area contributed by atoms with Crippen LogP contribution in [0.3, 0.4) is 0 Å². The Hall–Kier alpha value is -3.14. The maximum absolute atomic E-state index is 12.6. The first-order valence-electron chi connectivity index (χ1n) is 8.05. The summed E-state index contributed by atoms with van der Waals surface area (Å²) in [6, 6.07) is 9.01. The molecule has 0 aliphatic heterocycles. The number of nitrogens with zero attached hydrogens (tertiary/aromatic N) is 4. The van der Waals surface area contributed by atoms with Gasteiger partial charge in [-0.2, -0.15) is 5.26 Å². The molecule has 1 N–H and O–H groups in total. The third kappa shape index (κ3) is 3.69. The number of pyridine rings is 1. The lowest BCUT2D eigenvalue weighted by atomic mass is 10.1. The Kier molecular flexibility index (Phi) is 5.90. The van der Waals surface area contributed by atoms with E-state index in [1.165, 1.54) is 0 Å². The predicted octanol–water partition coefficient (Wildman–Crippen LogP) is 3.96. The van der Waals surface area contributed by atoms with E-state index < -0.39 is 5.56 Å². The lowest BCUT2D eigenvalue weighted by Crippen LogP contribution is -2.21. The second-order valence-corrected chi connectivity index (χ2v) is 5.34. The van der Waals surface area contributed by atoms with Crippen molar-refractivity contribution in [3.05, 3.63) is 45.7 Å². The number of aromatic hydroxyl groups is 1. The van der Waals surface area contributed by atoms with E-state index in [1.807, 2.05) is 26.0 Å². The van der Waals surface area contributed by atoms with Crippen LogP contribution in [0.1, 0.15) is 31.4 Å². The van der Waals surface area contributed by atoms with Crippen LogP contribution in [-0.4, -0.2) is 16.3 Å². The van der Waals surface area contributed by atoms with Gasteiger partial charge < -0.3 is 9.84 Å². The Morgan fingerprint density at radius 3 is 2.64 bits per heavy atom. The van der Waals surface area contributed by atoms with Gasteiger partial charge in [-0.1, -0.05) is 19.1 Å². The number of azo groups is 1. The average molecular weight is 340 g/mol. The van der Waals surface area contributed by atoms with E-state index in [4.69, 9.17) is 4.74 Å². The number of benzene rings is 1. The Balaban J connectivity index is 2.59. The first kappa shape index (κ1) is 18.2. The first-order chi connectivity index (χ1) is 12.0. The SMILES string of the molecule is CCCn1c(O)c(C#N)c(C)c(N=Nc2ccccc2OCC)c1=O. The molecule has 7 heteroatoms. The summed E-state index contributed by atoms with van der Waals surface area (Å²) in [5.74, 6) is 0.222. The van der Waals surface area contributed by atoms with Gasteiger partial charge >= 0.3 is 0 Å². The normalized spacial score (nSPS) is 10.8. The third-order valence-electron chi connectivity index (χ3n) is 3.64. The highest BCUT2D eigenvalue weighted by Gasteiger charge is 2.18. The average Bonchev–Trinajstić information content (AvgIpc) is 2.60. The van der Waals surface area contributed by atoms with Crippen LogP contribution in [0.2, 0.25) is 0 Å². The summed E-state index contributed by atoms with van der Waals surface area (Å²) in [6.45, 7) is 6.07. The van der Waals surface area contributed by atoms with E-state index in [0.29, 0.717) is 30.0 Å². The molecule has 0 bridgehead atoms. The van der Waals surface area contributed by atoms with E-state index in [0.717, 1.165) is 4.57 Å². The van der Waals surface area contributed by atoms with Crippen LogP contribution in [0.15, 0.2) is 39.3 Å². The van der Waals surface area contributed by atoms with Gasteiger partial charge in [-0.15, -0.1) is 10.2 Å². The number of hydrogen-bond donors (Lipinski definition) is 1. The molecule has 0 aliphatic carbocycles. The van der Waals surface area contributed by atoms with Crippen molar-refractivity contribution in [2.45, 2.75) is 33.7 Å². The number of nitriles is 1. The van der Waals surface area contributed by atoms with Gasteiger partial charge in [0.1, 0.15) is 23.1 Å². The maximum atomic E-state index is 12.6. The second kappa shape index (κ2) is 8.11. The fraction of sp³-hybridized carbons (Fsp3) is 0.333. The van der Waals surface area contributed by atoms with Gasteiger partial charge in [0, 0.05) is 12.1 Å². The van der Waals surface area contributed by atoms with Crippen molar-refractivity contribution in [1.82, 2.24) is 4.57 Å². The molecule has 0 spiro atoms. The predicted molar refractivity (Wildman–Crippen MR) is 93.9 cm³/mol. The van der Waals surface area contributed by atoms with E-state index >= 15 is 0 Å². The van der Waals surface area contributed by atoms with Crippen LogP contribution in [0.5, 0.6) is 11.6 Å². The van der Waals surface area contributed by atoms with Crippen molar-refractivity contribution in [2.75, 3.05) is 6.61 Å². The molecule has 0 saturated carbocycles. The number of para-hydroxylation sites is 1. The van der Waals surface area contributed by atoms with E-state index in [2.05, 4.69) is 10.2 Å². The molecule has 0 amide bonds. The smallest absolute Gasteiger partial charge is 0.281 e. The molecule has 7 nitrogen and oxygen atoms in total. The fourth-order valence-electron chi connectivity index (χ4n) is 2.41. The summed E-state index contributed by atoms with van der Waals surface area (Å²) in [5.41, 5.74) is 0.370. The molecule has 2 aromatic rings. The monoisotopic (exact) mass is 340 g/mol.